The van der Waals surface area contributed by atoms with E-state index in [0.29, 0.717) is 0 Å². The maximum Gasteiger partial charge on any atom is 0.0218 e. The first kappa shape index (κ1) is 10.5. The molecule has 1 N–H and O–H groups in total. The molecule has 14 heavy (non-hydrogen) atoms. The van der Waals surface area contributed by atoms with Crippen molar-refractivity contribution in [3.8, 4) is 0 Å². The van der Waals surface area contributed by atoms with Crippen LogP contribution in [0.5, 0.6) is 0 Å². The number of rotatable bonds is 3. The van der Waals surface area contributed by atoms with E-state index in [-0.39, 0.29) is 0 Å². The lowest BCUT2D eigenvalue weighted by molar-refractivity contribution is 0.482. The number of hydrogen-bond donors (Lipinski definition) is 1. The van der Waals surface area contributed by atoms with E-state index in [4.69, 9.17) is 0 Å². The third kappa shape index (κ3) is 2.75. The molecule has 1 nitrogen and oxygen atoms in total. The van der Waals surface area contributed by atoms with Crippen LogP contribution in [0.4, 0.5) is 0 Å². The standard InChI is InChI=1S/C11H17NS2/c1-9-7-14-8-10(9)6-12-11-2-4-13-5-3-11/h7-8,11-12H,2-6H2,1H3. The molecule has 0 spiro atoms. The van der Waals surface area contributed by atoms with Crippen molar-refractivity contribution in [1.82, 2.24) is 5.32 Å². The highest BCUT2D eigenvalue weighted by molar-refractivity contribution is 7.99. The third-order valence-electron chi connectivity index (χ3n) is 2.76. The Kier molecular flexibility index (Phi) is 3.90. The van der Waals surface area contributed by atoms with Crippen molar-refractivity contribution in [2.45, 2.75) is 32.4 Å². The molecule has 1 aliphatic heterocycles. The highest BCUT2D eigenvalue weighted by Gasteiger charge is 2.12. The van der Waals surface area contributed by atoms with E-state index in [9.17, 15) is 0 Å². The summed E-state index contributed by atoms with van der Waals surface area (Å²) >= 11 is 3.90. The van der Waals surface area contributed by atoms with Crippen LogP contribution in [0.1, 0.15) is 24.0 Å². The van der Waals surface area contributed by atoms with E-state index >= 15 is 0 Å². The molecule has 0 radical (unpaired) electrons. The minimum atomic E-state index is 0.760. The summed E-state index contributed by atoms with van der Waals surface area (Å²) in [7, 11) is 0. The van der Waals surface area contributed by atoms with Crippen LogP contribution in [0.3, 0.4) is 0 Å². The molecule has 1 aromatic rings. The molecule has 2 rings (SSSR count). The maximum atomic E-state index is 3.66. The molecule has 1 saturated heterocycles. The van der Waals surface area contributed by atoms with Crippen LogP contribution in [-0.4, -0.2) is 17.5 Å². The molecule has 78 valence electrons. The molecule has 1 aliphatic rings. The predicted molar refractivity (Wildman–Crippen MR) is 66.2 cm³/mol. The summed E-state index contributed by atoms with van der Waals surface area (Å²) in [5, 5.41) is 8.15. The Morgan fingerprint density at radius 2 is 2.14 bits per heavy atom. The molecular formula is C11H17NS2. The van der Waals surface area contributed by atoms with Crippen molar-refractivity contribution in [3.63, 3.8) is 0 Å². The van der Waals surface area contributed by atoms with Crippen LogP contribution in [0.2, 0.25) is 0 Å². The fraction of sp³-hybridized carbons (Fsp3) is 0.636. The zero-order valence-electron chi connectivity index (χ0n) is 8.58. The highest BCUT2D eigenvalue weighted by atomic mass is 32.2. The molecule has 0 aliphatic carbocycles. The van der Waals surface area contributed by atoms with Gasteiger partial charge >= 0.3 is 0 Å². The van der Waals surface area contributed by atoms with E-state index in [1.807, 2.05) is 11.3 Å². The van der Waals surface area contributed by atoms with E-state index in [2.05, 4.69) is 34.8 Å². The van der Waals surface area contributed by atoms with E-state index in [1.54, 1.807) is 0 Å². The molecule has 0 unspecified atom stereocenters. The van der Waals surface area contributed by atoms with Crippen LogP contribution in [0.15, 0.2) is 10.8 Å². The second-order valence-corrected chi connectivity index (χ2v) is 5.82. The Balaban J connectivity index is 1.79. The average Bonchev–Trinajstić information content (AvgIpc) is 2.63. The summed E-state index contributed by atoms with van der Waals surface area (Å²) in [4.78, 5) is 0. The minimum absolute atomic E-state index is 0.760. The Hall–Kier alpha value is 0.01000. The Labute approximate surface area is 94.3 Å². The second kappa shape index (κ2) is 5.19. The second-order valence-electron chi connectivity index (χ2n) is 3.85. The number of nitrogens with one attached hydrogen (secondary N) is 1. The topological polar surface area (TPSA) is 12.0 Å². The van der Waals surface area contributed by atoms with Gasteiger partial charge in [0, 0.05) is 12.6 Å². The SMILES string of the molecule is Cc1cscc1CNC1CCSCC1. The van der Waals surface area contributed by atoms with E-state index in [1.165, 1.54) is 35.5 Å². The molecule has 0 saturated carbocycles. The van der Waals surface area contributed by atoms with Crippen molar-refractivity contribution in [2.24, 2.45) is 0 Å². The molecule has 0 bridgehead atoms. The van der Waals surface area contributed by atoms with Crippen LogP contribution in [-0.2, 0) is 6.54 Å². The van der Waals surface area contributed by atoms with Crippen molar-refractivity contribution in [1.29, 1.82) is 0 Å². The third-order valence-corrected chi connectivity index (χ3v) is 4.72. The first-order valence-electron chi connectivity index (χ1n) is 5.19. The summed E-state index contributed by atoms with van der Waals surface area (Å²) in [6.45, 7) is 3.26. The van der Waals surface area contributed by atoms with Gasteiger partial charge in [0.2, 0.25) is 0 Å². The molecule has 1 aromatic heterocycles. The highest BCUT2D eigenvalue weighted by Crippen LogP contribution is 2.18. The average molecular weight is 227 g/mol. The number of thiophene rings is 1. The number of aryl methyl sites for hydroxylation is 1. The molecule has 0 amide bonds. The summed E-state index contributed by atoms with van der Waals surface area (Å²) in [6.07, 6.45) is 2.68. The maximum absolute atomic E-state index is 3.66. The molecule has 0 aromatic carbocycles. The molecule has 1 fully saturated rings. The minimum Gasteiger partial charge on any atom is -0.310 e. The summed E-state index contributed by atoms with van der Waals surface area (Å²) in [5.74, 6) is 2.67. The molecule has 0 atom stereocenters. The number of hydrogen-bond acceptors (Lipinski definition) is 3. The van der Waals surface area contributed by atoms with E-state index in [0.717, 1.165) is 12.6 Å². The fourth-order valence-electron chi connectivity index (χ4n) is 1.72. The van der Waals surface area contributed by atoms with Crippen molar-refractivity contribution in [2.75, 3.05) is 11.5 Å². The predicted octanol–water partition coefficient (Wildman–Crippen LogP) is 3.04. The summed E-state index contributed by atoms with van der Waals surface area (Å²) in [6, 6.07) is 0.760. The Morgan fingerprint density at radius 3 is 2.79 bits per heavy atom. The molecular weight excluding hydrogens is 210 g/mol. The normalized spacial score (nSPS) is 18.6. The Bertz CT molecular complexity index is 277. The summed E-state index contributed by atoms with van der Waals surface area (Å²) < 4.78 is 0. The fourth-order valence-corrected chi connectivity index (χ4v) is 3.69. The first-order valence-corrected chi connectivity index (χ1v) is 7.29. The van der Waals surface area contributed by atoms with Gasteiger partial charge in [-0.1, -0.05) is 0 Å². The first-order chi connectivity index (χ1) is 6.86. The quantitative estimate of drug-likeness (QED) is 0.852. The lowest BCUT2D eigenvalue weighted by atomic mass is 10.1. The van der Waals surface area contributed by atoms with Crippen molar-refractivity contribution >= 4 is 23.1 Å². The van der Waals surface area contributed by atoms with Gasteiger partial charge in [-0.15, -0.1) is 0 Å². The van der Waals surface area contributed by atoms with Crippen LogP contribution >= 0.6 is 23.1 Å². The zero-order valence-corrected chi connectivity index (χ0v) is 10.2. The van der Waals surface area contributed by atoms with Gasteiger partial charge < -0.3 is 5.32 Å². The zero-order chi connectivity index (χ0) is 9.80. The van der Waals surface area contributed by atoms with Gasteiger partial charge in [-0.25, -0.2) is 0 Å². The van der Waals surface area contributed by atoms with Gasteiger partial charge in [0.25, 0.3) is 0 Å². The monoisotopic (exact) mass is 227 g/mol. The molecule has 3 heteroatoms. The van der Waals surface area contributed by atoms with E-state index < -0.39 is 0 Å². The van der Waals surface area contributed by atoms with Gasteiger partial charge in [-0.3, -0.25) is 0 Å². The van der Waals surface area contributed by atoms with Gasteiger partial charge in [0.1, 0.15) is 0 Å². The van der Waals surface area contributed by atoms with Crippen LogP contribution in [0.25, 0.3) is 0 Å². The van der Waals surface area contributed by atoms with Gasteiger partial charge in [-0.2, -0.15) is 23.1 Å². The van der Waals surface area contributed by atoms with Crippen LogP contribution in [0, 0.1) is 6.92 Å². The molecule has 2 heterocycles. The lowest BCUT2D eigenvalue weighted by Crippen LogP contribution is -2.32. The van der Waals surface area contributed by atoms with Gasteiger partial charge in [0.05, 0.1) is 0 Å². The largest absolute Gasteiger partial charge is 0.310 e. The van der Waals surface area contributed by atoms with Gasteiger partial charge in [0.15, 0.2) is 0 Å². The number of thioether (sulfide) groups is 1. The lowest BCUT2D eigenvalue weighted by Gasteiger charge is -2.22. The Morgan fingerprint density at radius 1 is 1.36 bits per heavy atom. The van der Waals surface area contributed by atoms with Crippen molar-refractivity contribution < 1.29 is 0 Å². The van der Waals surface area contributed by atoms with Crippen molar-refractivity contribution in [3.05, 3.63) is 21.9 Å². The smallest absolute Gasteiger partial charge is 0.0218 e. The summed E-state index contributed by atoms with van der Waals surface area (Å²) in [5.41, 5.74) is 2.92. The van der Waals surface area contributed by atoms with Crippen LogP contribution < -0.4 is 5.32 Å². The van der Waals surface area contributed by atoms with Gasteiger partial charge in [-0.05, 0) is 53.2 Å².